The maximum atomic E-state index is 12.5. The minimum atomic E-state index is -1.07. The van der Waals surface area contributed by atoms with Gasteiger partial charge < -0.3 is 19.3 Å². The number of methoxy groups -OCH3 is 1. The Morgan fingerprint density at radius 3 is 2.72 bits per heavy atom. The van der Waals surface area contributed by atoms with Crippen molar-refractivity contribution in [1.82, 2.24) is 0 Å². The highest BCUT2D eigenvalue weighted by atomic mass is 16.5. The minimum Gasteiger partial charge on any atom is -0.496 e. The molecule has 1 N–H and O–H groups in total. The molecule has 0 amide bonds. The second-order valence-electron chi connectivity index (χ2n) is 5.44. The van der Waals surface area contributed by atoms with Crippen LogP contribution in [0.15, 0.2) is 48.2 Å². The number of carbonyl (C=O) groups excluding carboxylic acids is 1. The van der Waals surface area contributed by atoms with Gasteiger partial charge >= 0.3 is 5.97 Å². The molecule has 0 bridgehead atoms. The van der Waals surface area contributed by atoms with Gasteiger partial charge in [0.15, 0.2) is 11.9 Å². The molecule has 6 nitrogen and oxygen atoms in total. The lowest BCUT2D eigenvalue weighted by molar-refractivity contribution is -0.144. The van der Waals surface area contributed by atoms with Gasteiger partial charge in [0.1, 0.15) is 17.2 Å². The molecule has 1 aliphatic rings. The van der Waals surface area contributed by atoms with E-state index in [2.05, 4.69) is 0 Å². The Kier molecular flexibility index (Phi) is 4.43. The summed E-state index contributed by atoms with van der Waals surface area (Å²) in [6.45, 7) is 1.43. The largest absolute Gasteiger partial charge is 0.496 e. The number of benzene rings is 2. The zero-order valence-corrected chi connectivity index (χ0v) is 13.7. The first-order valence-electron chi connectivity index (χ1n) is 7.60. The van der Waals surface area contributed by atoms with Crippen molar-refractivity contribution in [2.45, 2.75) is 13.0 Å². The van der Waals surface area contributed by atoms with Crippen LogP contribution < -0.4 is 14.2 Å². The second-order valence-corrected chi connectivity index (χ2v) is 5.44. The average molecular weight is 340 g/mol. The number of carbonyl (C=O) groups is 2. The van der Waals surface area contributed by atoms with E-state index in [-0.39, 0.29) is 11.5 Å². The molecule has 0 aliphatic carbocycles. The molecule has 6 heteroatoms. The summed E-state index contributed by atoms with van der Waals surface area (Å²) in [4.78, 5) is 23.3. The van der Waals surface area contributed by atoms with Crippen LogP contribution in [0.2, 0.25) is 0 Å². The summed E-state index contributed by atoms with van der Waals surface area (Å²) in [5.74, 6) is 0.124. The molecular formula is C19H16O6. The van der Waals surface area contributed by atoms with Crippen LogP contribution in [0.1, 0.15) is 22.8 Å². The van der Waals surface area contributed by atoms with Crippen LogP contribution in [-0.2, 0) is 4.79 Å². The fraction of sp³-hybridized carbons (Fsp3) is 0.158. The van der Waals surface area contributed by atoms with E-state index < -0.39 is 12.1 Å². The molecular weight excluding hydrogens is 324 g/mol. The molecule has 1 aliphatic heterocycles. The number of aliphatic carboxylic acids is 1. The number of para-hydroxylation sites is 1. The van der Waals surface area contributed by atoms with Crippen molar-refractivity contribution in [1.29, 1.82) is 0 Å². The van der Waals surface area contributed by atoms with E-state index in [1.807, 2.05) is 18.2 Å². The summed E-state index contributed by atoms with van der Waals surface area (Å²) in [5, 5.41) is 8.90. The lowest BCUT2D eigenvalue weighted by atomic mass is 10.1. The van der Waals surface area contributed by atoms with Gasteiger partial charge in [-0.15, -0.1) is 0 Å². The number of hydrogen-bond acceptors (Lipinski definition) is 5. The molecule has 0 saturated carbocycles. The third-order valence-corrected chi connectivity index (χ3v) is 3.73. The van der Waals surface area contributed by atoms with Crippen molar-refractivity contribution >= 4 is 17.8 Å². The standard InChI is InChI=1S/C19H16O6/c1-11(19(21)22)24-13-7-8-14-16(10-13)25-17(18(14)20)9-12-5-3-4-6-15(12)23-2/h3-11H,1-2H3,(H,21,22)/b17-9-/t11-/m1/s1. The minimum absolute atomic E-state index is 0.169. The summed E-state index contributed by atoms with van der Waals surface area (Å²) in [6, 6.07) is 11.9. The molecule has 0 aromatic heterocycles. The first-order valence-corrected chi connectivity index (χ1v) is 7.60. The van der Waals surface area contributed by atoms with Gasteiger partial charge in [-0.1, -0.05) is 18.2 Å². The van der Waals surface area contributed by atoms with Gasteiger partial charge in [-0.25, -0.2) is 4.79 Å². The fourth-order valence-corrected chi connectivity index (χ4v) is 2.42. The highest BCUT2D eigenvalue weighted by molar-refractivity contribution is 6.14. The van der Waals surface area contributed by atoms with Gasteiger partial charge in [0.05, 0.1) is 12.7 Å². The first-order chi connectivity index (χ1) is 12.0. The normalized spacial score (nSPS) is 15.4. The molecule has 0 saturated heterocycles. The first kappa shape index (κ1) is 16.6. The Bertz CT molecular complexity index is 868. The number of ketones is 1. The van der Waals surface area contributed by atoms with Crippen LogP contribution in [-0.4, -0.2) is 30.1 Å². The Labute approximate surface area is 144 Å². The van der Waals surface area contributed by atoms with Gasteiger partial charge in [0.2, 0.25) is 5.78 Å². The molecule has 0 spiro atoms. The van der Waals surface area contributed by atoms with Crippen molar-refractivity contribution in [3.63, 3.8) is 0 Å². The van der Waals surface area contributed by atoms with Crippen molar-refractivity contribution in [3.05, 3.63) is 59.4 Å². The average Bonchev–Trinajstić information content (AvgIpc) is 2.90. The van der Waals surface area contributed by atoms with Crippen LogP contribution in [0, 0.1) is 0 Å². The third kappa shape index (κ3) is 3.33. The van der Waals surface area contributed by atoms with Crippen LogP contribution in [0.3, 0.4) is 0 Å². The molecule has 25 heavy (non-hydrogen) atoms. The van der Waals surface area contributed by atoms with Crippen molar-refractivity contribution in [2.75, 3.05) is 7.11 Å². The van der Waals surface area contributed by atoms with E-state index in [9.17, 15) is 9.59 Å². The molecule has 2 aromatic carbocycles. The topological polar surface area (TPSA) is 82.1 Å². The van der Waals surface area contributed by atoms with E-state index in [1.54, 1.807) is 31.4 Å². The highest BCUT2D eigenvalue weighted by Gasteiger charge is 2.28. The smallest absolute Gasteiger partial charge is 0.344 e. The zero-order chi connectivity index (χ0) is 18.0. The molecule has 2 aromatic rings. The van der Waals surface area contributed by atoms with Gasteiger partial charge in [-0.2, -0.15) is 0 Å². The summed E-state index contributed by atoms with van der Waals surface area (Å²) in [7, 11) is 1.55. The number of Topliss-reactive ketones (excluding diaryl/α,β-unsaturated/α-hetero) is 1. The predicted octanol–water partition coefficient (Wildman–Crippen LogP) is 3.16. The molecule has 3 rings (SSSR count). The van der Waals surface area contributed by atoms with E-state index in [0.717, 1.165) is 5.56 Å². The van der Waals surface area contributed by atoms with Crippen molar-refractivity contribution in [2.24, 2.45) is 0 Å². The van der Waals surface area contributed by atoms with Crippen LogP contribution in [0.5, 0.6) is 17.2 Å². The quantitative estimate of drug-likeness (QED) is 0.842. The van der Waals surface area contributed by atoms with Crippen molar-refractivity contribution < 1.29 is 28.9 Å². The number of carboxylic acids is 1. The maximum absolute atomic E-state index is 12.5. The Morgan fingerprint density at radius 2 is 2.00 bits per heavy atom. The Morgan fingerprint density at radius 1 is 1.24 bits per heavy atom. The SMILES string of the molecule is COc1ccccc1/C=C1\Oc2cc(O[C@H](C)C(=O)O)ccc2C1=O. The molecule has 1 heterocycles. The summed E-state index contributed by atoms with van der Waals surface area (Å²) in [6.07, 6.45) is 0.612. The van der Waals surface area contributed by atoms with Gasteiger partial charge in [-0.3, -0.25) is 4.79 Å². The summed E-state index contributed by atoms with van der Waals surface area (Å²) < 4.78 is 16.2. The number of fused-ring (bicyclic) bond motifs is 1. The van der Waals surface area contributed by atoms with Gasteiger partial charge in [0.25, 0.3) is 0 Å². The number of ether oxygens (including phenoxy) is 3. The van der Waals surface area contributed by atoms with E-state index in [4.69, 9.17) is 19.3 Å². The molecule has 0 radical (unpaired) electrons. The van der Waals surface area contributed by atoms with Crippen LogP contribution >= 0.6 is 0 Å². The van der Waals surface area contributed by atoms with E-state index in [0.29, 0.717) is 22.8 Å². The fourth-order valence-electron chi connectivity index (χ4n) is 2.42. The van der Waals surface area contributed by atoms with E-state index >= 15 is 0 Å². The van der Waals surface area contributed by atoms with Crippen LogP contribution in [0.4, 0.5) is 0 Å². The molecule has 128 valence electrons. The number of allylic oxidation sites excluding steroid dienone is 1. The highest BCUT2D eigenvalue weighted by Crippen LogP contribution is 2.35. The Balaban J connectivity index is 1.88. The lowest BCUT2D eigenvalue weighted by Gasteiger charge is -2.10. The number of rotatable bonds is 5. The Hall–Kier alpha value is -3.28. The number of carboxylic acid groups (broad SMARTS) is 1. The number of hydrogen-bond donors (Lipinski definition) is 1. The molecule has 0 fully saturated rings. The molecule has 0 unspecified atom stereocenters. The zero-order valence-electron chi connectivity index (χ0n) is 13.7. The summed E-state index contributed by atoms with van der Waals surface area (Å²) >= 11 is 0. The second kappa shape index (κ2) is 6.68. The van der Waals surface area contributed by atoms with E-state index in [1.165, 1.54) is 13.0 Å². The lowest BCUT2D eigenvalue weighted by Crippen LogP contribution is -2.22. The predicted molar refractivity (Wildman–Crippen MR) is 90.1 cm³/mol. The van der Waals surface area contributed by atoms with Crippen molar-refractivity contribution in [3.8, 4) is 17.2 Å². The summed E-state index contributed by atoms with van der Waals surface area (Å²) in [5.41, 5.74) is 1.12. The van der Waals surface area contributed by atoms with Gasteiger partial charge in [0, 0.05) is 11.6 Å². The molecule has 1 atom stereocenters. The maximum Gasteiger partial charge on any atom is 0.344 e. The van der Waals surface area contributed by atoms with Crippen LogP contribution in [0.25, 0.3) is 6.08 Å². The van der Waals surface area contributed by atoms with Gasteiger partial charge in [-0.05, 0) is 31.2 Å². The third-order valence-electron chi connectivity index (χ3n) is 3.73. The monoisotopic (exact) mass is 340 g/mol.